The Bertz CT molecular complexity index is 372. The normalized spacial score (nSPS) is 16.6. The van der Waals surface area contributed by atoms with Crippen molar-refractivity contribution in [1.29, 1.82) is 0 Å². The molecule has 94 valence electrons. The van der Waals surface area contributed by atoms with E-state index in [0.29, 0.717) is 0 Å². The van der Waals surface area contributed by atoms with Crippen molar-refractivity contribution in [3.05, 3.63) is 18.2 Å². The highest BCUT2D eigenvalue weighted by Crippen LogP contribution is 2.37. The number of anilines is 1. The molecule has 0 aromatic heterocycles. The molecule has 0 saturated heterocycles. The van der Waals surface area contributed by atoms with E-state index in [1.165, 1.54) is 30.6 Å². The molecule has 0 aliphatic heterocycles. The predicted molar refractivity (Wildman–Crippen MR) is 74.7 cm³/mol. The first-order chi connectivity index (χ1) is 8.13. The largest absolute Gasteiger partial charge is 0.491 e. The molecule has 2 nitrogen and oxygen atoms in total. The van der Waals surface area contributed by atoms with Crippen LogP contribution in [0.25, 0.3) is 0 Å². The quantitative estimate of drug-likeness (QED) is 0.819. The van der Waals surface area contributed by atoms with Gasteiger partial charge in [0.2, 0.25) is 0 Å². The van der Waals surface area contributed by atoms with Gasteiger partial charge in [-0.25, -0.2) is 0 Å². The number of nitrogen functional groups attached to an aromatic ring is 1. The third-order valence-corrected chi connectivity index (χ3v) is 4.19. The molecule has 1 aromatic rings. The summed E-state index contributed by atoms with van der Waals surface area (Å²) >= 11 is 1.95. The summed E-state index contributed by atoms with van der Waals surface area (Å²) in [6, 6.07) is 6.06. The van der Waals surface area contributed by atoms with Gasteiger partial charge in [-0.15, -0.1) is 11.8 Å². The summed E-state index contributed by atoms with van der Waals surface area (Å²) in [5.41, 5.74) is 6.71. The molecule has 0 bridgehead atoms. The fraction of sp³-hybridized carbons (Fsp3) is 0.571. The van der Waals surface area contributed by atoms with Crippen LogP contribution in [-0.4, -0.2) is 11.4 Å². The predicted octanol–water partition coefficient (Wildman–Crippen LogP) is 4.09. The van der Waals surface area contributed by atoms with Crippen LogP contribution in [0, 0.1) is 0 Å². The van der Waals surface area contributed by atoms with E-state index < -0.39 is 0 Å². The van der Waals surface area contributed by atoms with E-state index in [-0.39, 0.29) is 6.10 Å². The lowest BCUT2D eigenvalue weighted by atomic mass is 10.3. The van der Waals surface area contributed by atoms with E-state index >= 15 is 0 Å². The van der Waals surface area contributed by atoms with Crippen LogP contribution >= 0.6 is 11.8 Å². The highest BCUT2D eigenvalue weighted by Gasteiger charge is 2.16. The number of benzene rings is 1. The molecule has 1 saturated carbocycles. The summed E-state index contributed by atoms with van der Waals surface area (Å²) in [4.78, 5) is 1.24. The minimum Gasteiger partial charge on any atom is -0.491 e. The molecule has 1 aliphatic carbocycles. The standard InChI is InChI=1S/C14H21NOS/c1-10(2)16-12-7-11(15)8-14(9-12)17-13-5-3-4-6-13/h7-10,13H,3-6,15H2,1-2H3. The molecule has 17 heavy (non-hydrogen) atoms. The van der Waals surface area contributed by atoms with Crippen LogP contribution in [0.4, 0.5) is 5.69 Å². The molecule has 1 aromatic carbocycles. The Kier molecular flexibility index (Phi) is 4.21. The SMILES string of the molecule is CC(C)Oc1cc(N)cc(SC2CCCC2)c1. The summed E-state index contributed by atoms with van der Waals surface area (Å²) in [7, 11) is 0. The Morgan fingerprint density at radius 2 is 1.94 bits per heavy atom. The summed E-state index contributed by atoms with van der Waals surface area (Å²) < 4.78 is 5.71. The Balaban J connectivity index is 2.07. The van der Waals surface area contributed by atoms with E-state index in [0.717, 1.165) is 16.7 Å². The minimum atomic E-state index is 0.195. The van der Waals surface area contributed by atoms with E-state index in [1.54, 1.807) is 0 Å². The van der Waals surface area contributed by atoms with Crippen LogP contribution in [0.2, 0.25) is 0 Å². The number of hydrogen-bond donors (Lipinski definition) is 1. The highest BCUT2D eigenvalue weighted by atomic mass is 32.2. The van der Waals surface area contributed by atoms with Crippen LogP contribution in [0.3, 0.4) is 0 Å². The Morgan fingerprint density at radius 3 is 2.59 bits per heavy atom. The second-order valence-corrected chi connectivity index (χ2v) is 6.30. The molecule has 0 spiro atoms. The lowest BCUT2D eigenvalue weighted by molar-refractivity contribution is 0.242. The molecule has 0 unspecified atom stereocenters. The maximum absolute atomic E-state index is 5.92. The van der Waals surface area contributed by atoms with E-state index in [9.17, 15) is 0 Å². The van der Waals surface area contributed by atoms with Crippen LogP contribution in [0.1, 0.15) is 39.5 Å². The zero-order chi connectivity index (χ0) is 12.3. The Labute approximate surface area is 108 Å². The molecular weight excluding hydrogens is 230 g/mol. The molecule has 2 rings (SSSR count). The van der Waals surface area contributed by atoms with Crippen molar-refractivity contribution in [2.45, 2.75) is 55.8 Å². The first-order valence-corrected chi connectivity index (χ1v) is 7.25. The second-order valence-electron chi connectivity index (χ2n) is 4.93. The third-order valence-electron chi connectivity index (χ3n) is 2.88. The average Bonchev–Trinajstić information content (AvgIpc) is 2.67. The van der Waals surface area contributed by atoms with Gasteiger partial charge in [0.15, 0.2) is 0 Å². The maximum atomic E-state index is 5.92. The third kappa shape index (κ3) is 3.84. The van der Waals surface area contributed by atoms with Gasteiger partial charge >= 0.3 is 0 Å². The summed E-state index contributed by atoms with van der Waals surface area (Å²) in [6.07, 6.45) is 5.60. The number of nitrogens with two attached hydrogens (primary N) is 1. The van der Waals surface area contributed by atoms with Crippen LogP contribution < -0.4 is 10.5 Å². The number of rotatable bonds is 4. The van der Waals surface area contributed by atoms with Crippen molar-refractivity contribution in [1.82, 2.24) is 0 Å². The van der Waals surface area contributed by atoms with Crippen LogP contribution in [0.5, 0.6) is 5.75 Å². The molecule has 0 radical (unpaired) electrons. The van der Waals surface area contributed by atoms with E-state index in [2.05, 4.69) is 12.1 Å². The van der Waals surface area contributed by atoms with Crippen molar-refractivity contribution in [3.8, 4) is 5.75 Å². The molecule has 0 heterocycles. The molecule has 1 fully saturated rings. The average molecular weight is 251 g/mol. The second kappa shape index (κ2) is 5.67. The van der Waals surface area contributed by atoms with Crippen molar-refractivity contribution >= 4 is 17.4 Å². The molecular formula is C14H21NOS. The number of thioether (sulfide) groups is 1. The molecule has 3 heteroatoms. The maximum Gasteiger partial charge on any atom is 0.122 e. The van der Waals surface area contributed by atoms with Gasteiger partial charge in [-0.05, 0) is 38.8 Å². The van der Waals surface area contributed by atoms with Gasteiger partial charge in [0.1, 0.15) is 5.75 Å². The zero-order valence-electron chi connectivity index (χ0n) is 10.6. The first kappa shape index (κ1) is 12.6. The van der Waals surface area contributed by atoms with Crippen LogP contribution in [-0.2, 0) is 0 Å². The van der Waals surface area contributed by atoms with E-state index in [4.69, 9.17) is 10.5 Å². The Morgan fingerprint density at radius 1 is 1.24 bits per heavy atom. The fourth-order valence-electron chi connectivity index (χ4n) is 2.20. The van der Waals surface area contributed by atoms with Gasteiger partial charge in [0, 0.05) is 21.9 Å². The summed E-state index contributed by atoms with van der Waals surface area (Å²) in [5, 5.41) is 0.767. The summed E-state index contributed by atoms with van der Waals surface area (Å²) in [5.74, 6) is 0.889. The number of hydrogen-bond acceptors (Lipinski definition) is 3. The highest BCUT2D eigenvalue weighted by molar-refractivity contribution is 8.00. The van der Waals surface area contributed by atoms with Crippen molar-refractivity contribution in [2.75, 3.05) is 5.73 Å². The Hall–Kier alpha value is -0.830. The lowest BCUT2D eigenvalue weighted by Crippen LogP contribution is -2.06. The van der Waals surface area contributed by atoms with Gasteiger partial charge in [-0.2, -0.15) is 0 Å². The summed E-state index contributed by atoms with van der Waals surface area (Å²) in [6.45, 7) is 4.07. The van der Waals surface area contributed by atoms with E-state index in [1.807, 2.05) is 31.7 Å². The van der Waals surface area contributed by atoms with Crippen molar-refractivity contribution < 1.29 is 4.74 Å². The molecule has 1 aliphatic rings. The molecule has 2 N–H and O–H groups in total. The van der Waals surface area contributed by atoms with Gasteiger partial charge < -0.3 is 10.5 Å². The first-order valence-electron chi connectivity index (χ1n) is 6.37. The van der Waals surface area contributed by atoms with Gasteiger partial charge in [0.25, 0.3) is 0 Å². The topological polar surface area (TPSA) is 35.2 Å². The molecule has 0 amide bonds. The van der Waals surface area contributed by atoms with Gasteiger partial charge in [-0.3, -0.25) is 0 Å². The number of ether oxygens (including phenoxy) is 1. The zero-order valence-corrected chi connectivity index (χ0v) is 11.4. The van der Waals surface area contributed by atoms with Gasteiger partial charge in [-0.1, -0.05) is 12.8 Å². The van der Waals surface area contributed by atoms with Crippen LogP contribution in [0.15, 0.2) is 23.1 Å². The minimum absolute atomic E-state index is 0.195. The smallest absolute Gasteiger partial charge is 0.122 e. The monoisotopic (exact) mass is 251 g/mol. The lowest BCUT2D eigenvalue weighted by Gasteiger charge is -2.14. The fourth-order valence-corrected chi connectivity index (χ4v) is 3.54. The van der Waals surface area contributed by atoms with Gasteiger partial charge in [0.05, 0.1) is 6.10 Å². The van der Waals surface area contributed by atoms with Crippen molar-refractivity contribution in [2.24, 2.45) is 0 Å². The van der Waals surface area contributed by atoms with Crippen molar-refractivity contribution in [3.63, 3.8) is 0 Å². The molecule has 0 atom stereocenters.